The molecule has 96 valence electrons. The molecule has 0 saturated heterocycles. The van der Waals surface area contributed by atoms with E-state index < -0.39 is 0 Å². The molecule has 0 fully saturated rings. The SMILES string of the molecule is C=C(C#N)COc1cc(CCCCC)cnc1Cl. The first-order valence-electron chi connectivity index (χ1n) is 6.02. The summed E-state index contributed by atoms with van der Waals surface area (Å²) in [5, 5.41) is 8.92. The molecule has 0 spiro atoms. The summed E-state index contributed by atoms with van der Waals surface area (Å²) < 4.78 is 5.42. The van der Waals surface area contributed by atoms with Crippen LogP contribution < -0.4 is 4.74 Å². The highest BCUT2D eigenvalue weighted by molar-refractivity contribution is 6.30. The highest BCUT2D eigenvalue weighted by Gasteiger charge is 2.05. The quantitative estimate of drug-likeness (QED) is 0.426. The second-order valence-corrected chi connectivity index (χ2v) is 4.45. The van der Waals surface area contributed by atoms with Crippen molar-refractivity contribution in [3.05, 3.63) is 35.1 Å². The van der Waals surface area contributed by atoms with Crippen LogP contribution >= 0.6 is 11.6 Å². The van der Waals surface area contributed by atoms with Crippen molar-refractivity contribution in [1.29, 1.82) is 5.26 Å². The second-order valence-electron chi connectivity index (χ2n) is 4.09. The first-order valence-corrected chi connectivity index (χ1v) is 6.40. The molecular formula is C14H17ClN2O. The predicted octanol–water partition coefficient (Wildman–Crippen LogP) is 3.93. The Morgan fingerprint density at radius 1 is 1.56 bits per heavy atom. The number of hydrogen-bond acceptors (Lipinski definition) is 3. The summed E-state index contributed by atoms with van der Waals surface area (Å²) >= 11 is 5.94. The largest absolute Gasteiger partial charge is 0.485 e. The lowest BCUT2D eigenvalue weighted by Crippen LogP contribution is -2.01. The van der Waals surface area contributed by atoms with Crippen LogP contribution in [0.2, 0.25) is 5.15 Å². The van der Waals surface area contributed by atoms with Crippen LogP contribution in [-0.4, -0.2) is 11.6 Å². The van der Waals surface area contributed by atoms with E-state index in [1.165, 1.54) is 12.8 Å². The third kappa shape index (κ3) is 4.77. The van der Waals surface area contributed by atoms with Crippen molar-refractivity contribution in [3.8, 4) is 11.8 Å². The lowest BCUT2D eigenvalue weighted by atomic mass is 10.1. The molecule has 0 bridgehead atoms. The summed E-state index contributed by atoms with van der Waals surface area (Å²) in [7, 11) is 0. The number of unbranched alkanes of at least 4 members (excludes halogenated alkanes) is 2. The second kappa shape index (κ2) is 7.73. The zero-order valence-electron chi connectivity index (χ0n) is 10.6. The van der Waals surface area contributed by atoms with Gasteiger partial charge in [-0.05, 0) is 24.5 Å². The van der Waals surface area contributed by atoms with E-state index in [9.17, 15) is 0 Å². The lowest BCUT2D eigenvalue weighted by Gasteiger charge is -2.08. The Labute approximate surface area is 113 Å². The Morgan fingerprint density at radius 3 is 3.00 bits per heavy atom. The van der Waals surface area contributed by atoms with Crippen LogP contribution in [0.1, 0.15) is 31.7 Å². The number of rotatable bonds is 7. The maximum atomic E-state index is 8.60. The van der Waals surface area contributed by atoms with Crippen LogP contribution in [0.25, 0.3) is 0 Å². The molecule has 1 aromatic heterocycles. The van der Waals surface area contributed by atoms with Gasteiger partial charge in [0.1, 0.15) is 6.61 Å². The minimum Gasteiger partial charge on any atom is -0.485 e. The molecule has 0 amide bonds. The molecule has 1 heterocycles. The van der Waals surface area contributed by atoms with Crippen molar-refractivity contribution < 1.29 is 4.74 Å². The molecule has 0 unspecified atom stereocenters. The zero-order valence-corrected chi connectivity index (χ0v) is 11.3. The van der Waals surface area contributed by atoms with Crippen LogP contribution in [-0.2, 0) is 6.42 Å². The number of aromatic nitrogens is 1. The van der Waals surface area contributed by atoms with Gasteiger partial charge in [0.2, 0.25) is 0 Å². The predicted molar refractivity (Wildman–Crippen MR) is 72.7 cm³/mol. The number of pyridine rings is 1. The Balaban J connectivity index is 2.63. The average Bonchev–Trinajstić information content (AvgIpc) is 2.39. The first-order chi connectivity index (χ1) is 8.67. The summed E-state index contributed by atoms with van der Waals surface area (Å²) in [6.45, 7) is 5.87. The number of halogens is 1. The number of ether oxygens (including phenoxy) is 1. The van der Waals surface area contributed by atoms with Gasteiger partial charge in [-0.15, -0.1) is 0 Å². The highest BCUT2D eigenvalue weighted by atomic mass is 35.5. The summed E-state index contributed by atoms with van der Waals surface area (Å²) in [5.41, 5.74) is 1.47. The van der Waals surface area contributed by atoms with E-state index in [-0.39, 0.29) is 6.61 Å². The van der Waals surface area contributed by atoms with Crippen molar-refractivity contribution in [1.82, 2.24) is 4.98 Å². The maximum absolute atomic E-state index is 8.60. The summed E-state index contributed by atoms with van der Waals surface area (Å²) in [4.78, 5) is 4.09. The molecule has 0 radical (unpaired) electrons. The van der Waals surface area contributed by atoms with E-state index in [2.05, 4.69) is 18.5 Å². The highest BCUT2D eigenvalue weighted by Crippen LogP contribution is 2.24. The van der Waals surface area contributed by atoms with Gasteiger partial charge in [-0.2, -0.15) is 5.26 Å². The first kappa shape index (κ1) is 14.5. The Morgan fingerprint density at radius 2 is 2.33 bits per heavy atom. The molecule has 0 aliphatic carbocycles. The van der Waals surface area contributed by atoms with Crippen molar-refractivity contribution in [2.75, 3.05) is 6.61 Å². The Bertz CT molecular complexity index is 452. The molecule has 4 heteroatoms. The summed E-state index contributed by atoms with van der Waals surface area (Å²) in [6, 6.07) is 3.81. The normalized spacial score (nSPS) is 9.83. The van der Waals surface area contributed by atoms with Gasteiger partial charge in [-0.1, -0.05) is 37.9 Å². The third-order valence-corrected chi connectivity index (χ3v) is 2.78. The fraction of sp³-hybridized carbons (Fsp3) is 0.429. The number of aryl methyl sites for hydroxylation is 1. The molecule has 3 nitrogen and oxygen atoms in total. The van der Waals surface area contributed by atoms with Gasteiger partial charge in [-0.3, -0.25) is 0 Å². The molecule has 0 saturated carbocycles. The van der Waals surface area contributed by atoms with Gasteiger partial charge in [-0.25, -0.2) is 4.98 Å². The smallest absolute Gasteiger partial charge is 0.171 e. The Kier molecular flexibility index (Phi) is 6.24. The van der Waals surface area contributed by atoms with Crippen molar-refractivity contribution in [3.63, 3.8) is 0 Å². The van der Waals surface area contributed by atoms with Gasteiger partial charge < -0.3 is 4.74 Å². The minimum absolute atomic E-state index is 0.149. The van der Waals surface area contributed by atoms with Crippen LogP contribution in [0.5, 0.6) is 5.75 Å². The lowest BCUT2D eigenvalue weighted by molar-refractivity contribution is 0.355. The fourth-order valence-corrected chi connectivity index (χ4v) is 1.64. The van der Waals surface area contributed by atoms with Crippen molar-refractivity contribution in [2.45, 2.75) is 32.6 Å². The van der Waals surface area contributed by atoms with Crippen LogP contribution in [0.4, 0.5) is 0 Å². The fourth-order valence-electron chi connectivity index (χ4n) is 1.48. The van der Waals surface area contributed by atoms with Crippen LogP contribution in [0.15, 0.2) is 24.4 Å². The van der Waals surface area contributed by atoms with Gasteiger partial charge in [0.15, 0.2) is 10.9 Å². The molecule has 0 atom stereocenters. The molecule has 0 N–H and O–H groups in total. The average molecular weight is 265 g/mol. The van der Waals surface area contributed by atoms with E-state index in [1.54, 1.807) is 6.20 Å². The Hall–Kier alpha value is -1.53. The molecule has 0 aliphatic rings. The molecule has 1 aromatic rings. The van der Waals surface area contributed by atoms with E-state index in [1.807, 2.05) is 12.1 Å². The van der Waals surface area contributed by atoms with E-state index in [0.29, 0.717) is 16.5 Å². The van der Waals surface area contributed by atoms with Gasteiger partial charge >= 0.3 is 0 Å². The van der Waals surface area contributed by atoms with E-state index in [0.717, 1.165) is 18.4 Å². The van der Waals surface area contributed by atoms with Gasteiger partial charge in [0.05, 0.1) is 11.6 Å². The topological polar surface area (TPSA) is 45.9 Å². The van der Waals surface area contributed by atoms with Crippen molar-refractivity contribution in [2.24, 2.45) is 0 Å². The van der Waals surface area contributed by atoms with Crippen molar-refractivity contribution >= 4 is 11.6 Å². The molecule has 1 rings (SSSR count). The molecule has 0 aliphatic heterocycles. The maximum Gasteiger partial charge on any atom is 0.171 e. The monoisotopic (exact) mass is 264 g/mol. The van der Waals surface area contributed by atoms with Crippen LogP contribution in [0, 0.1) is 11.3 Å². The number of hydrogen-bond donors (Lipinski definition) is 0. The van der Waals surface area contributed by atoms with Crippen LogP contribution in [0.3, 0.4) is 0 Å². The van der Waals surface area contributed by atoms with Gasteiger partial charge in [0.25, 0.3) is 0 Å². The van der Waals surface area contributed by atoms with E-state index in [4.69, 9.17) is 21.6 Å². The summed E-state index contributed by atoms with van der Waals surface area (Å²) in [6.07, 6.45) is 6.25. The molecule has 18 heavy (non-hydrogen) atoms. The number of nitriles is 1. The third-order valence-electron chi connectivity index (χ3n) is 2.49. The standard InChI is InChI=1S/C14H17ClN2O/c1-3-4-5-6-12-7-13(14(15)17-9-12)18-10-11(2)8-16/h7,9H,2-6,10H2,1H3. The minimum atomic E-state index is 0.149. The summed E-state index contributed by atoms with van der Waals surface area (Å²) in [5.74, 6) is 0.516. The zero-order chi connectivity index (χ0) is 13.4. The van der Waals surface area contributed by atoms with Gasteiger partial charge in [0, 0.05) is 6.20 Å². The van der Waals surface area contributed by atoms with E-state index >= 15 is 0 Å². The molecule has 0 aromatic carbocycles. The number of nitrogens with zero attached hydrogens (tertiary/aromatic N) is 2. The molecular weight excluding hydrogens is 248 g/mol.